The van der Waals surface area contributed by atoms with Crippen LogP contribution in [0.25, 0.3) is 0 Å². The number of phenols is 1. The zero-order valence-electron chi connectivity index (χ0n) is 12.8. The Bertz CT molecular complexity index is 874. The lowest BCUT2D eigenvalue weighted by molar-refractivity contribution is -0.138. The number of carboxylic acids is 2. The molecule has 0 bridgehead atoms. The van der Waals surface area contributed by atoms with Crippen LogP contribution in [0.1, 0.15) is 15.9 Å². The molecule has 0 unspecified atom stereocenters. The first-order valence-corrected chi connectivity index (χ1v) is 8.54. The summed E-state index contributed by atoms with van der Waals surface area (Å²) in [4.78, 5) is 21.9. The van der Waals surface area contributed by atoms with E-state index in [4.69, 9.17) is 5.11 Å². The quantitative estimate of drug-likeness (QED) is 0.575. The van der Waals surface area contributed by atoms with Crippen molar-refractivity contribution in [1.82, 2.24) is 4.72 Å². The van der Waals surface area contributed by atoms with E-state index in [2.05, 4.69) is 4.72 Å². The van der Waals surface area contributed by atoms with Gasteiger partial charge in [-0.2, -0.15) is 4.72 Å². The van der Waals surface area contributed by atoms with E-state index in [1.165, 1.54) is 24.3 Å². The van der Waals surface area contributed by atoms with Crippen molar-refractivity contribution in [2.75, 3.05) is 0 Å². The van der Waals surface area contributed by atoms with Gasteiger partial charge in [0.2, 0.25) is 10.0 Å². The molecular weight excluding hydrogens is 350 g/mol. The molecule has 0 aliphatic heterocycles. The van der Waals surface area contributed by atoms with E-state index in [0.717, 1.165) is 24.3 Å². The van der Waals surface area contributed by atoms with Crippen molar-refractivity contribution in [1.29, 1.82) is 0 Å². The second-order valence-corrected chi connectivity index (χ2v) is 6.93. The number of hydrogen-bond donors (Lipinski definition) is 4. The Morgan fingerprint density at radius 3 is 2.00 bits per heavy atom. The van der Waals surface area contributed by atoms with Crippen molar-refractivity contribution in [3.63, 3.8) is 0 Å². The highest BCUT2D eigenvalue weighted by molar-refractivity contribution is 7.89. The van der Waals surface area contributed by atoms with Crippen LogP contribution in [-0.2, 0) is 21.2 Å². The predicted molar refractivity (Wildman–Crippen MR) is 87.0 cm³/mol. The summed E-state index contributed by atoms with van der Waals surface area (Å²) in [5, 5.41) is 27.3. The number of hydrogen-bond acceptors (Lipinski definition) is 5. The Morgan fingerprint density at radius 2 is 1.52 bits per heavy atom. The fourth-order valence-electron chi connectivity index (χ4n) is 2.08. The standard InChI is InChI=1S/C16H15NO7S/c18-12-5-1-10(2-6-12)9-14(16(21)22)17-25(23,24)13-7-3-11(4-8-13)15(19)20/h1-8,14,17-18H,9H2,(H,19,20)(H,21,22)/t14-/m1/s1. The van der Waals surface area contributed by atoms with Crippen molar-refractivity contribution in [3.05, 3.63) is 59.7 Å². The van der Waals surface area contributed by atoms with E-state index in [9.17, 15) is 28.2 Å². The van der Waals surface area contributed by atoms with Gasteiger partial charge < -0.3 is 15.3 Å². The van der Waals surface area contributed by atoms with Crippen molar-refractivity contribution in [2.24, 2.45) is 0 Å². The minimum absolute atomic E-state index is 0.00901. The number of phenolic OH excluding ortho intramolecular Hbond substituents is 1. The number of sulfonamides is 1. The summed E-state index contributed by atoms with van der Waals surface area (Å²) in [6.07, 6.45) is -0.123. The molecule has 4 N–H and O–H groups in total. The van der Waals surface area contributed by atoms with Gasteiger partial charge in [0.1, 0.15) is 11.8 Å². The van der Waals surface area contributed by atoms with Gasteiger partial charge in [0, 0.05) is 0 Å². The van der Waals surface area contributed by atoms with Crippen molar-refractivity contribution in [3.8, 4) is 5.75 Å². The van der Waals surface area contributed by atoms with Gasteiger partial charge in [0.15, 0.2) is 0 Å². The molecule has 0 aliphatic rings. The molecule has 0 heterocycles. The zero-order chi connectivity index (χ0) is 18.6. The maximum atomic E-state index is 12.3. The smallest absolute Gasteiger partial charge is 0.335 e. The summed E-state index contributed by atoms with van der Waals surface area (Å²) in [6.45, 7) is 0. The molecule has 0 saturated carbocycles. The molecule has 9 heteroatoms. The lowest BCUT2D eigenvalue weighted by Crippen LogP contribution is -2.42. The molecule has 1 atom stereocenters. The minimum Gasteiger partial charge on any atom is -0.508 e. The predicted octanol–water partition coefficient (Wildman–Crippen LogP) is 1.06. The minimum atomic E-state index is -4.15. The number of carboxylic acid groups (broad SMARTS) is 2. The molecule has 25 heavy (non-hydrogen) atoms. The lowest BCUT2D eigenvalue weighted by atomic mass is 10.1. The molecule has 132 valence electrons. The topological polar surface area (TPSA) is 141 Å². The Kier molecular flexibility index (Phi) is 5.40. The van der Waals surface area contributed by atoms with Crippen molar-refractivity contribution in [2.45, 2.75) is 17.4 Å². The third-order valence-corrected chi connectivity index (χ3v) is 4.87. The largest absolute Gasteiger partial charge is 0.508 e. The SMILES string of the molecule is O=C(O)c1ccc(S(=O)(=O)N[C@H](Cc2ccc(O)cc2)C(=O)O)cc1. The molecule has 0 fully saturated rings. The van der Waals surface area contributed by atoms with E-state index in [-0.39, 0.29) is 22.6 Å². The fraction of sp³-hybridized carbons (Fsp3) is 0.125. The van der Waals surface area contributed by atoms with Gasteiger partial charge in [0.25, 0.3) is 0 Å². The molecule has 0 spiro atoms. The van der Waals surface area contributed by atoms with Crippen LogP contribution in [0.3, 0.4) is 0 Å². The molecule has 0 aliphatic carbocycles. The first kappa shape index (κ1) is 18.4. The summed E-state index contributed by atoms with van der Waals surface area (Å²) in [5.41, 5.74) is 0.437. The van der Waals surface area contributed by atoms with Crippen LogP contribution in [-0.4, -0.2) is 41.7 Å². The van der Waals surface area contributed by atoms with Gasteiger partial charge in [-0.05, 0) is 48.4 Å². The third kappa shape index (κ3) is 4.78. The monoisotopic (exact) mass is 365 g/mol. The van der Waals surface area contributed by atoms with Crippen LogP contribution in [0.5, 0.6) is 5.75 Å². The van der Waals surface area contributed by atoms with Crippen molar-refractivity contribution >= 4 is 22.0 Å². The van der Waals surface area contributed by atoms with Gasteiger partial charge in [-0.3, -0.25) is 4.79 Å². The number of benzene rings is 2. The van der Waals surface area contributed by atoms with E-state index in [1.54, 1.807) is 0 Å². The second-order valence-electron chi connectivity index (χ2n) is 5.21. The Balaban J connectivity index is 2.20. The molecule has 2 aromatic rings. The highest BCUT2D eigenvalue weighted by Crippen LogP contribution is 2.14. The van der Waals surface area contributed by atoms with Crippen LogP contribution in [0.4, 0.5) is 0 Å². The maximum absolute atomic E-state index is 12.3. The van der Waals surface area contributed by atoms with Crippen LogP contribution in [0.15, 0.2) is 53.4 Å². The first-order chi connectivity index (χ1) is 11.7. The number of aromatic carboxylic acids is 1. The van der Waals surface area contributed by atoms with E-state index in [0.29, 0.717) is 5.56 Å². The summed E-state index contributed by atoms with van der Waals surface area (Å²) in [5.74, 6) is -2.55. The average molecular weight is 365 g/mol. The number of aliphatic carboxylic acids is 1. The van der Waals surface area contributed by atoms with Crippen LogP contribution in [0.2, 0.25) is 0 Å². The molecular formula is C16H15NO7S. The van der Waals surface area contributed by atoms with Gasteiger partial charge in [0.05, 0.1) is 10.5 Å². The average Bonchev–Trinajstić information content (AvgIpc) is 2.56. The van der Waals surface area contributed by atoms with Gasteiger partial charge in [-0.15, -0.1) is 0 Å². The first-order valence-electron chi connectivity index (χ1n) is 7.05. The lowest BCUT2D eigenvalue weighted by Gasteiger charge is -2.15. The Hall–Kier alpha value is -2.91. The summed E-state index contributed by atoms with van der Waals surface area (Å²) >= 11 is 0. The highest BCUT2D eigenvalue weighted by atomic mass is 32.2. The summed E-state index contributed by atoms with van der Waals surface area (Å²) in [7, 11) is -4.15. The number of aromatic hydroxyl groups is 1. The summed E-state index contributed by atoms with van der Waals surface area (Å²) < 4.78 is 26.7. The molecule has 8 nitrogen and oxygen atoms in total. The zero-order valence-corrected chi connectivity index (χ0v) is 13.6. The number of carbonyl (C=O) groups is 2. The van der Waals surface area contributed by atoms with Crippen LogP contribution in [0, 0.1) is 0 Å². The Labute approximate surface area is 143 Å². The fourth-order valence-corrected chi connectivity index (χ4v) is 3.27. The van der Waals surface area contributed by atoms with Gasteiger partial charge in [-0.1, -0.05) is 12.1 Å². The van der Waals surface area contributed by atoms with E-state index in [1.807, 2.05) is 0 Å². The Morgan fingerprint density at radius 1 is 0.960 bits per heavy atom. The summed E-state index contributed by atoms with van der Waals surface area (Å²) in [6, 6.07) is 8.70. The number of rotatable bonds is 7. The molecule has 0 saturated heterocycles. The van der Waals surface area contributed by atoms with Crippen LogP contribution >= 0.6 is 0 Å². The second kappa shape index (κ2) is 7.32. The van der Waals surface area contributed by atoms with Gasteiger partial charge in [-0.25, -0.2) is 13.2 Å². The third-order valence-electron chi connectivity index (χ3n) is 3.38. The van der Waals surface area contributed by atoms with E-state index < -0.39 is 28.0 Å². The van der Waals surface area contributed by atoms with Gasteiger partial charge >= 0.3 is 11.9 Å². The number of nitrogens with one attached hydrogen (secondary N) is 1. The normalized spacial score (nSPS) is 12.5. The maximum Gasteiger partial charge on any atom is 0.335 e. The molecule has 2 rings (SSSR count). The molecule has 0 aromatic heterocycles. The molecule has 0 amide bonds. The van der Waals surface area contributed by atoms with Crippen LogP contribution < -0.4 is 4.72 Å². The molecule has 0 radical (unpaired) electrons. The van der Waals surface area contributed by atoms with Crippen molar-refractivity contribution < 1.29 is 33.3 Å². The highest BCUT2D eigenvalue weighted by Gasteiger charge is 2.25. The van der Waals surface area contributed by atoms with E-state index >= 15 is 0 Å². The molecule has 2 aromatic carbocycles.